The highest BCUT2D eigenvalue weighted by Gasteiger charge is 2.08. The summed E-state index contributed by atoms with van der Waals surface area (Å²) in [6, 6.07) is 5.22. The van der Waals surface area contributed by atoms with E-state index in [1.807, 2.05) is 20.8 Å². The first-order chi connectivity index (χ1) is 9.08. The summed E-state index contributed by atoms with van der Waals surface area (Å²) in [4.78, 5) is 11.7. The Labute approximate surface area is 114 Å². The van der Waals surface area contributed by atoms with Crippen molar-refractivity contribution in [1.29, 1.82) is 0 Å². The number of rotatable bonds is 7. The van der Waals surface area contributed by atoms with Crippen molar-refractivity contribution in [3.8, 4) is 0 Å². The summed E-state index contributed by atoms with van der Waals surface area (Å²) in [5.41, 5.74) is 7.87. The van der Waals surface area contributed by atoms with Crippen LogP contribution in [0, 0.1) is 0 Å². The molecule has 5 heteroatoms. The zero-order chi connectivity index (χ0) is 14.3. The maximum absolute atomic E-state index is 11.7. The van der Waals surface area contributed by atoms with Crippen LogP contribution in [0.1, 0.15) is 31.1 Å². The minimum absolute atomic E-state index is 0.0941. The third kappa shape index (κ3) is 4.79. The van der Waals surface area contributed by atoms with Crippen molar-refractivity contribution in [3.63, 3.8) is 0 Å². The molecule has 0 aliphatic heterocycles. The molecule has 5 nitrogen and oxygen atoms in total. The van der Waals surface area contributed by atoms with Crippen molar-refractivity contribution < 1.29 is 9.53 Å². The number of ether oxygens (including phenoxy) is 1. The molecule has 0 aliphatic carbocycles. The van der Waals surface area contributed by atoms with E-state index in [4.69, 9.17) is 10.5 Å². The Morgan fingerprint density at radius 2 is 2.16 bits per heavy atom. The van der Waals surface area contributed by atoms with E-state index in [2.05, 4.69) is 10.6 Å². The first-order valence-electron chi connectivity index (χ1n) is 6.61. The van der Waals surface area contributed by atoms with Crippen LogP contribution in [0.4, 0.5) is 11.4 Å². The zero-order valence-electron chi connectivity index (χ0n) is 11.8. The maximum atomic E-state index is 11.7. The van der Waals surface area contributed by atoms with Gasteiger partial charge in [-0.3, -0.25) is 4.79 Å². The summed E-state index contributed by atoms with van der Waals surface area (Å²) in [6.07, 6.45) is 0.0949. The van der Waals surface area contributed by atoms with E-state index in [0.717, 1.165) is 5.69 Å². The molecule has 0 radical (unpaired) electrons. The third-order valence-corrected chi connectivity index (χ3v) is 2.68. The van der Waals surface area contributed by atoms with Gasteiger partial charge in [-0.1, -0.05) is 0 Å². The van der Waals surface area contributed by atoms with Crippen molar-refractivity contribution in [2.45, 2.75) is 26.9 Å². The maximum Gasteiger partial charge on any atom is 0.251 e. The molecule has 106 valence electrons. The second-order valence-corrected chi connectivity index (χ2v) is 4.31. The van der Waals surface area contributed by atoms with E-state index in [0.29, 0.717) is 30.9 Å². The van der Waals surface area contributed by atoms with Gasteiger partial charge in [0.1, 0.15) is 0 Å². The van der Waals surface area contributed by atoms with Crippen LogP contribution < -0.4 is 16.4 Å². The highest BCUT2D eigenvalue weighted by molar-refractivity contribution is 5.96. The molecule has 0 saturated carbocycles. The Morgan fingerprint density at radius 1 is 1.42 bits per heavy atom. The summed E-state index contributed by atoms with van der Waals surface area (Å²) in [7, 11) is 0. The molecule has 1 rings (SSSR count). The van der Waals surface area contributed by atoms with Gasteiger partial charge in [-0.05, 0) is 39.0 Å². The molecule has 19 heavy (non-hydrogen) atoms. The Bertz CT molecular complexity index is 421. The van der Waals surface area contributed by atoms with Crippen LogP contribution in [0.15, 0.2) is 18.2 Å². The van der Waals surface area contributed by atoms with Crippen LogP contribution in [0.25, 0.3) is 0 Å². The molecule has 0 heterocycles. The minimum atomic E-state index is -0.0941. The van der Waals surface area contributed by atoms with Gasteiger partial charge in [0.25, 0.3) is 5.91 Å². The number of nitrogen functional groups attached to an aromatic ring is 1. The summed E-state index contributed by atoms with van der Waals surface area (Å²) in [5.74, 6) is -0.0941. The number of hydrogen-bond donors (Lipinski definition) is 3. The van der Waals surface area contributed by atoms with Crippen LogP contribution in [-0.4, -0.2) is 31.7 Å². The van der Waals surface area contributed by atoms with Gasteiger partial charge in [-0.2, -0.15) is 0 Å². The summed E-state index contributed by atoms with van der Waals surface area (Å²) in [5, 5.41) is 5.97. The number of nitrogens with one attached hydrogen (secondary N) is 2. The Kier molecular flexibility index (Phi) is 6.15. The summed E-state index contributed by atoms with van der Waals surface area (Å²) in [6.45, 7) is 7.76. The summed E-state index contributed by atoms with van der Waals surface area (Å²) >= 11 is 0. The molecule has 1 aromatic rings. The van der Waals surface area contributed by atoms with Gasteiger partial charge < -0.3 is 21.1 Å². The highest BCUT2D eigenvalue weighted by Crippen LogP contribution is 2.20. The second kappa shape index (κ2) is 7.63. The lowest BCUT2D eigenvalue weighted by Gasteiger charge is -2.15. The average molecular weight is 265 g/mol. The van der Waals surface area contributed by atoms with E-state index in [1.165, 1.54) is 0 Å². The molecule has 1 amide bonds. The van der Waals surface area contributed by atoms with E-state index >= 15 is 0 Å². The van der Waals surface area contributed by atoms with Crippen LogP contribution >= 0.6 is 0 Å². The molecule has 0 aromatic heterocycles. The highest BCUT2D eigenvalue weighted by atomic mass is 16.5. The molecular weight excluding hydrogens is 242 g/mol. The lowest BCUT2D eigenvalue weighted by molar-refractivity contribution is 0.0855. The fraction of sp³-hybridized carbons (Fsp3) is 0.500. The van der Waals surface area contributed by atoms with Crippen LogP contribution in [0.3, 0.4) is 0 Å². The number of hydrogen-bond acceptors (Lipinski definition) is 4. The predicted octanol–water partition coefficient (Wildman–Crippen LogP) is 1.86. The van der Waals surface area contributed by atoms with Gasteiger partial charge in [-0.25, -0.2) is 0 Å². The Morgan fingerprint density at radius 3 is 2.79 bits per heavy atom. The van der Waals surface area contributed by atoms with Crippen molar-refractivity contribution in [2.75, 3.05) is 30.7 Å². The first kappa shape index (κ1) is 15.3. The number of anilines is 2. The van der Waals surface area contributed by atoms with E-state index < -0.39 is 0 Å². The average Bonchev–Trinajstić information content (AvgIpc) is 2.38. The first-order valence-corrected chi connectivity index (χ1v) is 6.61. The molecule has 0 fully saturated rings. The topological polar surface area (TPSA) is 76.4 Å². The third-order valence-electron chi connectivity index (χ3n) is 2.68. The molecule has 1 aromatic carbocycles. The number of carbonyl (C=O) groups is 1. The Balaban J connectivity index is 2.71. The van der Waals surface area contributed by atoms with Crippen molar-refractivity contribution in [1.82, 2.24) is 5.32 Å². The zero-order valence-corrected chi connectivity index (χ0v) is 11.8. The number of amides is 1. The fourth-order valence-electron chi connectivity index (χ4n) is 1.71. The van der Waals surface area contributed by atoms with Gasteiger partial charge in [-0.15, -0.1) is 0 Å². The molecule has 4 N–H and O–H groups in total. The molecule has 0 aliphatic rings. The van der Waals surface area contributed by atoms with E-state index in [-0.39, 0.29) is 12.0 Å². The normalized spacial score (nSPS) is 11.9. The Hall–Kier alpha value is -1.75. The number of benzene rings is 1. The SMILES string of the molecule is CCNC(=O)c1ccc(N)c(NCC(C)OCC)c1. The number of nitrogens with two attached hydrogens (primary N) is 1. The lowest BCUT2D eigenvalue weighted by Crippen LogP contribution is -2.23. The van der Waals surface area contributed by atoms with Gasteiger partial charge in [0.05, 0.1) is 17.5 Å². The monoisotopic (exact) mass is 265 g/mol. The van der Waals surface area contributed by atoms with Gasteiger partial charge in [0.15, 0.2) is 0 Å². The van der Waals surface area contributed by atoms with E-state index in [9.17, 15) is 4.79 Å². The van der Waals surface area contributed by atoms with Crippen LogP contribution in [0.5, 0.6) is 0 Å². The van der Waals surface area contributed by atoms with E-state index in [1.54, 1.807) is 18.2 Å². The van der Waals surface area contributed by atoms with Gasteiger partial charge >= 0.3 is 0 Å². The predicted molar refractivity (Wildman–Crippen MR) is 78.4 cm³/mol. The molecule has 1 atom stereocenters. The standard InChI is InChI=1S/C14H23N3O2/c1-4-16-14(18)11-6-7-12(15)13(8-11)17-9-10(3)19-5-2/h6-8,10,17H,4-5,9,15H2,1-3H3,(H,16,18). The molecule has 1 unspecified atom stereocenters. The van der Waals surface area contributed by atoms with Crippen molar-refractivity contribution in [2.24, 2.45) is 0 Å². The minimum Gasteiger partial charge on any atom is -0.397 e. The quantitative estimate of drug-likeness (QED) is 0.658. The fourth-order valence-corrected chi connectivity index (χ4v) is 1.71. The van der Waals surface area contributed by atoms with Crippen molar-refractivity contribution >= 4 is 17.3 Å². The molecule has 0 spiro atoms. The van der Waals surface area contributed by atoms with Crippen LogP contribution in [-0.2, 0) is 4.74 Å². The van der Waals surface area contributed by atoms with Crippen LogP contribution in [0.2, 0.25) is 0 Å². The largest absolute Gasteiger partial charge is 0.397 e. The molecular formula is C14H23N3O2. The summed E-state index contributed by atoms with van der Waals surface area (Å²) < 4.78 is 5.44. The lowest BCUT2D eigenvalue weighted by atomic mass is 10.1. The smallest absolute Gasteiger partial charge is 0.251 e. The van der Waals surface area contributed by atoms with Gasteiger partial charge in [0.2, 0.25) is 0 Å². The molecule has 0 bridgehead atoms. The van der Waals surface area contributed by atoms with Crippen molar-refractivity contribution in [3.05, 3.63) is 23.8 Å². The second-order valence-electron chi connectivity index (χ2n) is 4.31. The molecule has 0 saturated heterocycles. The number of carbonyl (C=O) groups excluding carboxylic acids is 1. The van der Waals surface area contributed by atoms with Gasteiger partial charge in [0, 0.05) is 25.3 Å².